The third-order valence-corrected chi connectivity index (χ3v) is 17.9. The molecule has 6 saturated heterocycles. The van der Waals surface area contributed by atoms with Crippen LogP contribution in [-0.2, 0) is 73.4 Å². The number of nitrogens with one attached hydrogen (secondary N) is 4. The van der Waals surface area contributed by atoms with Gasteiger partial charge in [-0.15, -0.1) is 0 Å². The first-order valence-electron chi connectivity index (χ1n) is 25.1. The molecule has 12 N–H and O–H groups in total. The van der Waals surface area contributed by atoms with Crippen molar-refractivity contribution in [2.24, 2.45) is 0 Å². The van der Waals surface area contributed by atoms with Crippen LogP contribution in [-0.4, -0.2) is 188 Å². The fraction of sp³-hybridized carbons (Fsp3) is 0.513. The van der Waals surface area contributed by atoms with Crippen LogP contribution >= 0.6 is 31.3 Å². The predicted molar refractivity (Wildman–Crippen MR) is 268 cm³/mol. The first-order valence-corrected chi connectivity index (χ1v) is 31.0. The number of aliphatic hydroxyl groups excluding tert-OH is 4. The van der Waals surface area contributed by atoms with Gasteiger partial charge in [0.05, 0.1) is 51.7 Å². The zero-order valence-corrected chi connectivity index (χ0v) is 47.0. The largest absolute Gasteiger partial charge is 0.756 e. The van der Waals surface area contributed by atoms with Gasteiger partial charge in [-0.3, -0.25) is 70.7 Å². The molecular formula is C39H42N16O29P4-4. The van der Waals surface area contributed by atoms with Crippen LogP contribution in [0.25, 0.3) is 33.5 Å². The first kappa shape index (κ1) is 61.7. The molecule has 88 heavy (non-hydrogen) atoms. The zero-order valence-electron chi connectivity index (χ0n) is 43.4. The molecule has 13 rings (SSSR count). The van der Waals surface area contributed by atoms with Crippen molar-refractivity contribution in [1.82, 2.24) is 68.1 Å². The van der Waals surface area contributed by atoms with E-state index in [0.717, 1.165) is 55.8 Å². The highest BCUT2D eigenvalue weighted by Gasteiger charge is 2.54. The number of hydrogen-bond acceptors (Lipinski definition) is 37. The Morgan fingerprint density at radius 3 is 1.16 bits per heavy atom. The van der Waals surface area contributed by atoms with E-state index >= 15 is 0 Å². The summed E-state index contributed by atoms with van der Waals surface area (Å²) in [6.45, 7) is -3.85. The molecule has 0 aromatic carbocycles. The number of nitrogen functional groups attached to an aromatic ring is 2. The quantitative estimate of drug-likeness (QED) is 0.0732. The number of aromatic nitrogens is 14. The van der Waals surface area contributed by atoms with E-state index in [-0.39, 0.29) is 45.4 Å². The Balaban J connectivity index is 0.000000172. The number of nitrogens with zero attached hydrogens (tertiary/aromatic N) is 10. The summed E-state index contributed by atoms with van der Waals surface area (Å²) in [5, 5.41) is 43.9. The van der Waals surface area contributed by atoms with Gasteiger partial charge in [0, 0.05) is 12.3 Å². The van der Waals surface area contributed by atoms with Crippen LogP contribution < -0.4 is 59.0 Å². The molecule has 8 unspecified atom stereocenters. The average Bonchev–Trinajstić information content (AvgIpc) is 2.48. The van der Waals surface area contributed by atoms with Gasteiger partial charge in [-0.1, -0.05) is 0 Å². The Morgan fingerprint density at radius 1 is 0.477 bits per heavy atom. The normalized spacial score (nSPS) is 38.2. The zero-order chi connectivity index (χ0) is 62.7. The van der Waals surface area contributed by atoms with E-state index in [4.69, 9.17) is 66.6 Å². The van der Waals surface area contributed by atoms with E-state index in [1.165, 1.54) is 0 Å². The van der Waals surface area contributed by atoms with Crippen LogP contribution in [0, 0.1) is 0 Å². The molecule has 0 radical (unpaired) electrons. The minimum atomic E-state index is -5.37. The van der Waals surface area contributed by atoms with E-state index in [9.17, 15) is 82.2 Å². The first-order chi connectivity index (χ1) is 41.5. The molecule has 0 saturated carbocycles. The van der Waals surface area contributed by atoms with E-state index in [1.54, 1.807) is 0 Å². The van der Waals surface area contributed by atoms with Crippen LogP contribution in [0.15, 0.2) is 61.5 Å². The Hall–Kier alpha value is -6.55. The molecule has 45 nitrogen and oxygen atoms in total. The van der Waals surface area contributed by atoms with Crippen molar-refractivity contribution in [3.63, 3.8) is 0 Å². The van der Waals surface area contributed by atoms with Gasteiger partial charge in [-0.25, -0.2) is 24.7 Å². The van der Waals surface area contributed by atoms with Gasteiger partial charge < -0.3 is 112 Å². The van der Waals surface area contributed by atoms with Gasteiger partial charge in [0.15, 0.2) is 58.4 Å². The summed E-state index contributed by atoms with van der Waals surface area (Å²) >= 11 is 0. The highest BCUT2D eigenvalue weighted by Crippen LogP contribution is 2.53. The highest BCUT2D eigenvalue weighted by atomic mass is 31.2. The van der Waals surface area contributed by atoms with Gasteiger partial charge in [-0.05, 0) is 0 Å². The molecule has 6 aliphatic rings. The average molecular weight is 1320 g/mol. The van der Waals surface area contributed by atoms with Crippen LogP contribution in [0.2, 0.25) is 0 Å². The van der Waals surface area contributed by atoms with Gasteiger partial charge in [0.2, 0.25) is 11.9 Å². The number of rotatable bonds is 4. The lowest BCUT2D eigenvalue weighted by Crippen LogP contribution is -2.41. The molecule has 476 valence electrons. The summed E-state index contributed by atoms with van der Waals surface area (Å²) < 4.78 is 118. The molecule has 0 spiro atoms. The Labute approximate surface area is 482 Å². The fourth-order valence-corrected chi connectivity index (χ4v) is 14.0. The standard InChI is InChI=1S/C20H23N9O14P2.C19H23N7O15P2/c21-20-26-15-9(17(33)27-20)25-5-29(15)19-11(31)13-7(41-19)2-39-44(34,35)42-12-6(1-38-45(36,37)43-13)40-18(10(12)30)28-4-24-8-14(28)22-3-23-16(8)32;20-18-23-14-9(15(30)24-18)21-5-26(14)17-11(29)13-7(39-17)4-37-42(32,33)40-12-6(3-36-43(34,35)41-13)38-16(10(12)28)25-2-1-8(27)22-19(25)31/h3-7,10-13,18-19,30-31H,1-2H2,(H,34,35)(H,36,37)(H,22,23,32)(H3,21,26,27,33);1-2,5-7,10-13,16-17,28-29H,3-4H2,(H,32,33)(H,34,35)(H,22,27,31)(H3,20,23,24,30)/p-4/t6-,7-,10+,11?,12?,13+,18-,19-;6-,7-,10+,11?,12?,13+,16-,17-/m11/s1. The number of imidazole rings is 3. The van der Waals surface area contributed by atoms with Gasteiger partial charge in [-0.2, -0.15) is 9.97 Å². The molecular weight excluding hydrogens is 1280 g/mol. The number of fused-ring (bicyclic) bond motifs is 7. The number of phosphoric ester groups is 4. The topological polar surface area (TPSA) is 650 Å². The summed E-state index contributed by atoms with van der Waals surface area (Å²) in [6, 6.07) is 0.925. The lowest BCUT2D eigenvalue weighted by Gasteiger charge is -2.34. The molecule has 7 aromatic heterocycles. The summed E-state index contributed by atoms with van der Waals surface area (Å²) in [5.41, 5.74) is 6.52. The summed E-state index contributed by atoms with van der Waals surface area (Å²) in [7, 11) is -21.4. The van der Waals surface area contributed by atoms with E-state index in [2.05, 4.69) is 44.9 Å². The molecule has 49 heteroatoms. The second kappa shape index (κ2) is 23.0. The molecule has 0 amide bonds. The third kappa shape index (κ3) is 11.8. The van der Waals surface area contributed by atoms with Crippen LogP contribution in [0.5, 0.6) is 0 Å². The lowest BCUT2D eigenvalue weighted by atomic mass is 10.1. The van der Waals surface area contributed by atoms with Crippen LogP contribution in [0.3, 0.4) is 0 Å². The van der Waals surface area contributed by atoms with Crippen molar-refractivity contribution >= 4 is 76.7 Å². The second-order valence-corrected chi connectivity index (χ2v) is 25.1. The molecule has 6 fully saturated rings. The van der Waals surface area contributed by atoms with Crippen molar-refractivity contribution in [3.05, 3.63) is 89.5 Å². The monoisotopic (exact) mass is 1320 g/mol. The number of ether oxygens (including phenoxy) is 4. The molecule has 6 aliphatic heterocycles. The van der Waals surface area contributed by atoms with Gasteiger partial charge in [0.1, 0.15) is 73.2 Å². The predicted octanol–water partition coefficient (Wildman–Crippen LogP) is -8.37. The minimum absolute atomic E-state index is 0.0397. The van der Waals surface area contributed by atoms with Gasteiger partial charge in [0.25, 0.3) is 53.5 Å². The summed E-state index contributed by atoms with van der Waals surface area (Å²) in [5.74, 6) is -0.597. The maximum atomic E-state index is 12.9. The maximum Gasteiger partial charge on any atom is 0.330 e. The number of hydrogen-bond donors (Lipinski definition) is 10. The second-order valence-electron chi connectivity index (χ2n) is 19.6. The maximum absolute atomic E-state index is 12.9. The van der Waals surface area contributed by atoms with Crippen molar-refractivity contribution in [3.8, 4) is 0 Å². The Morgan fingerprint density at radius 2 is 0.807 bits per heavy atom. The third-order valence-electron chi connectivity index (χ3n) is 14.0. The number of anilines is 2. The molecule has 20 atom stereocenters. The number of aromatic amines is 4. The minimum Gasteiger partial charge on any atom is -0.756 e. The lowest BCUT2D eigenvalue weighted by molar-refractivity contribution is -0.247. The van der Waals surface area contributed by atoms with Crippen LogP contribution in [0.4, 0.5) is 11.9 Å². The van der Waals surface area contributed by atoms with E-state index < -0.39 is 184 Å². The van der Waals surface area contributed by atoms with Crippen molar-refractivity contribution in [2.45, 2.75) is 98.2 Å². The van der Waals surface area contributed by atoms with Crippen molar-refractivity contribution in [1.29, 1.82) is 0 Å². The van der Waals surface area contributed by atoms with Crippen molar-refractivity contribution < 1.29 is 113 Å². The number of H-pyrrole nitrogens is 4. The van der Waals surface area contributed by atoms with E-state index in [0.29, 0.717) is 0 Å². The molecule has 0 bridgehead atoms. The highest BCUT2D eigenvalue weighted by molar-refractivity contribution is 7.46. The van der Waals surface area contributed by atoms with E-state index in [1.807, 2.05) is 4.98 Å². The SMILES string of the molecule is Nc1nc2c(ncn2[C@@H]2O[C@@H]3COP(=O)([O-])OC4[C@@H](COP(=O)([O-])O[C@@H]3C2O)O[C@@H](n2ccc(=O)[nH]c2=O)[C@H]4O)c(=O)[nH]1.Nc1nc2c(ncn2[C@@H]2O[C@@H]3COP(=O)([O-])OC4[C@@H](COP(=O)([O-])O[C@@H]3C2O)O[C@@H](n2cnc3c(=O)[nH]cnc32)[C@H]4O)c(=O)[nH]1. The van der Waals surface area contributed by atoms with Crippen molar-refractivity contribution in [2.75, 3.05) is 37.9 Å². The molecule has 13 heterocycles. The number of phosphoric acid groups is 4. The Bertz CT molecular complexity index is 4360. The molecule has 7 aromatic rings. The number of aliphatic hydroxyl groups is 4. The fourth-order valence-electron chi connectivity index (χ4n) is 10.2. The smallest absolute Gasteiger partial charge is 0.330 e. The van der Waals surface area contributed by atoms with Crippen LogP contribution in [0.1, 0.15) is 24.9 Å². The summed E-state index contributed by atoms with van der Waals surface area (Å²) in [4.78, 5) is 144. The van der Waals surface area contributed by atoms with Gasteiger partial charge >= 0.3 is 5.69 Å². The number of nitrogens with two attached hydrogens (primary N) is 2. The summed E-state index contributed by atoms with van der Waals surface area (Å²) in [6.07, 6.45) is -22.1. The Kier molecular flexibility index (Phi) is 16.2. The molecule has 0 aliphatic carbocycles.